The van der Waals surface area contributed by atoms with Gasteiger partial charge in [0.05, 0.1) is 5.56 Å². The van der Waals surface area contributed by atoms with Crippen LogP contribution in [0, 0.1) is 0 Å². The zero-order chi connectivity index (χ0) is 9.26. The van der Waals surface area contributed by atoms with E-state index in [2.05, 4.69) is 10.0 Å². The molecule has 0 aliphatic carbocycles. The lowest BCUT2D eigenvalue weighted by atomic mass is 10.1. The van der Waals surface area contributed by atoms with E-state index in [0.717, 1.165) is 5.56 Å². The lowest BCUT2D eigenvalue weighted by Crippen LogP contribution is -1.92. The van der Waals surface area contributed by atoms with Crippen molar-refractivity contribution in [1.29, 1.82) is 0 Å². The van der Waals surface area contributed by atoms with Crippen molar-refractivity contribution in [2.75, 3.05) is 0 Å². The fourth-order valence-electron chi connectivity index (χ4n) is 1.22. The Bertz CT molecular complexity index is 421. The maximum atomic E-state index is 11.1. The van der Waals surface area contributed by atoms with Crippen molar-refractivity contribution in [3.63, 3.8) is 0 Å². The number of esters is 1. The molecule has 1 heterocycles. The smallest absolute Gasteiger partial charge is 0.338 e. The van der Waals surface area contributed by atoms with Gasteiger partial charge in [-0.15, -0.1) is 0 Å². The molecular formula is C8H5N3O2. The van der Waals surface area contributed by atoms with Crippen LogP contribution in [-0.4, -0.2) is 5.97 Å². The molecule has 5 heteroatoms. The van der Waals surface area contributed by atoms with E-state index >= 15 is 0 Å². The normalized spacial score (nSPS) is 13.1. The van der Waals surface area contributed by atoms with Crippen molar-refractivity contribution in [2.24, 2.45) is 5.11 Å². The van der Waals surface area contributed by atoms with Gasteiger partial charge in [-0.05, 0) is 11.6 Å². The zero-order valence-corrected chi connectivity index (χ0v) is 6.60. The third kappa shape index (κ3) is 1.21. The Labute approximate surface area is 73.6 Å². The Balaban J connectivity index is 2.53. The minimum Gasteiger partial charge on any atom is -0.457 e. The molecule has 1 aliphatic heterocycles. The van der Waals surface area contributed by atoms with Crippen LogP contribution in [0.25, 0.3) is 10.4 Å². The molecule has 0 radical (unpaired) electrons. The maximum absolute atomic E-state index is 11.1. The first-order chi connectivity index (χ1) is 6.31. The molecule has 5 nitrogen and oxygen atoms in total. The molecule has 0 unspecified atom stereocenters. The number of cyclic esters (lactones) is 1. The first-order valence-corrected chi connectivity index (χ1v) is 3.66. The van der Waals surface area contributed by atoms with Crippen LogP contribution in [0.3, 0.4) is 0 Å². The molecule has 0 aromatic heterocycles. The average molecular weight is 175 g/mol. The molecule has 2 rings (SSSR count). The molecule has 0 amide bonds. The highest BCUT2D eigenvalue weighted by atomic mass is 16.5. The fraction of sp³-hybridized carbons (Fsp3) is 0.125. The molecule has 0 saturated heterocycles. The van der Waals surface area contributed by atoms with Crippen LogP contribution in [0.4, 0.5) is 5.69 Å². The number of hydrogen-bond acceptors (Lipinski definition) is 3. The number of fused-ring (bicyclic) bond motifs is 1. The van der Waals surface area contributed by atoms with Crippen molar-refractivity contribution in [3.05, 3.63) is 39.8 Å². The number of carbonyl (C=O) groups is 1. The Morgan fingerprint density at radius 2 is 2.38 bits per heavy atom. The molecule has 1 aromatic carbocycles. The predicted molar refractivity (Wildman–Crippen MR) is 44.4 cm³/mol. The van der Waals surface area contributed by atoms with E-state index < -0.39 is 0 Å². The molecule has 0 atom stereocenters. The van der Waals surface area contributed by atoms with Gasteiger partial charge in [0.1, 0.15) is 6.61 Å². The summed E-state index contributed by atoms with van der Waals surface area (Å²) in [6.07, 6.45) is 0. The van der Waals surface area contributed by atoms with Crippen LogP contribution >= 0.6 is 0 Å². The number of hydrogen-bond donors (Lipinski definition) is 0. The number of nitrogens with zero attached hydrogens (tertiary/aromatic N) is 3. The lowest BCUT2D eigenvalue weighted by Gasteiger charge is -1.93. The standard InChI is InChI=1S/C8H5N3O2/c9-11-10-6-2-1-5-4-13-8(12)7(5)3-6/h1-3H,4H2. The topological polar surface area (TPSA) is 75.1 Å². The summed E-state index contributed by atoms with van der Waals surface area (Å²) in [6.45, 7) is 0.310. The van der Waals surface area contributed by atoms with Crippen LogP contribution in [0.5, 0.6) is 0 Å². The summed E-state index contributed by atoms with van der Waals surface area (Å²) in [5, 5.41) is 3.39. The number of ether oxygens (including phenoxy) is 1. The first kappa shape index (κ1) is 7.64. The minimum atomic E-state index is -0.356. The number of carbonyl (C=O) groups excluding carboxylic acids is 1. The van der Waals surface area contributed by atoms with E-state index in [9.17, 15) is 4.79 Å². The van der Waals surface area contributed by atoms with E-state index in [1.807, 2.05) is 0 Å². The Kier molecular flexibility index (Phi) is 1.65. The van der Waals surface area contributed by atoms with Crippen LogP contribution in [-0.2, 0) is 11.3 Å². The van der Waals surface area contributed by atoms with Crippen LogP contribution in [0.15, 0.2) is 23.3 Å². The predicted octanol–water partition coefficient (Wildman–Crippen LogP) is 2.30. The van der Waals surface area contributed by atoms with Gasteiger partial charge in [-0.1, -0.05) is 17.2 Å². The summed E-state index contributed by atoms with van der Waals surface area (Å²) in [5.74, 6) is -0.356. The average Bonchev–Trinajstić information content (AvgIpc) is 2.49. The van der Waals surface area contributed by atoms with Gasteiger partial charge in [-0.25, -0.2) is 4.79 Å². The Morgan fingerprint density at radius 3 is 3.15 bits per heavy atom. The molecule has 1 aliphatic rings. The van der Waals surface area contributed by atoms with E-state index in [-0.39, 0.29) is 5.97 Å². The van der Waals surface area contributed by atoms with E-state index in [0.29, 0.717) is 17.9 Å². The third-order valence-electron chi connectivity index (χ3n) is 1.83. The van der Waals surface area contributed by atoms with Crippen molar-refractivity contribution < 1.29 is 9.53 Å². The summed E-state index contributed by atoms with van der Waals surface area (Å²) in [4.78, 5) is 13.7. The highest BCUT2D eigenvalue weighted by molar-refractivity contribution is 5.94. The van der Waals surface area contributed by atoms with Gasteiger partial charge < -0.3 is 4.74 Å². The largest absolute Gasteiger partial charge is 0.457 e. The van der Waals surface area contributed by atoms with Gasteiger partial charge in [-0.3, -0.25) is 0 Å². The molecule has 0 spiro atoms. The molecule has 0 bridgehead atoms. The van der Waals surface area contributed by atoms with E-state index in [1.54, 1.807) is 12.1 Å². The van der Waals surface area contributed by atoms with Crippen LogP contribution in [0.1, 0.15) is 15.9 Å². The molecule has 0 fully saturated rings. The molecule has 0 N–H and O–H groups in total. The molecule has 13 heavy (non-hydrogen) atoms. The zero-order valence-electron chi connectivity index (χ0n) is 6.60. The van der Waals surface area contributed by atoms with Gasteiger partial charge in [-0.2, -0.15) is 0 Å². The number of benzene rings is 1. The molecule has 64 valence electrons. The van der Waals surface area contributed by atoms with Crippen molar-refractivity contribution in [1.82, 2.24) is 0 Å². The number of azide groups is 1. The second-order valence-corrected chi connectivity index (χ2v) is 2.61. The second kappa shape index (κ2) is 2.80. The quantitative estimate of drug-likeness (QED) is 0.284. The summed E-state index contributed by atoms with van der Waals surface area (Å²) in [5.41, 5.74) is 9.93. The molecule has 0 saturated carbocycles. The third-order valence-corrected chi connectivity index (χ3v) is 1.83. The summed E-state index contributed by atoms with van der Waals surface area (Å²) < 4.78 is 4.78. The lowest BCUT2D eigenvalue weighted by molar-refractivity contribution is 0.0535. The van der Waals surface area contributed by atoms with Crippen molar-refractivity contribution >= 4 is 11.7 Å². The highest BCUT2D eigenvalue weighted by Gasteiger charge is 2.20. The van der Waals surface area contributed by atoms with Gasteiger partial charge >= 0.3 is 5.97 Å². The second-order valence-electron chi connectivity index (χ2n) is 2.61. The summed E-state index contributed by atoms with van der Waals surface area (Å²) >= 11 is 0. The van der Waals surface area contributed by atoms with Crippen molar-refractivity contribution in [2.45, 2.75) is 6.61 Å². The van der Waals surface area contributed by atoms with E-state index in [4.69, 9.17) is 10.3 Å². The fourth-order valence-corrected chi connectivity index (χ4v) is 1.22. The summed E-state index contributed by atoms with van der Waals surface area (Å²) in [6, 6.07) is 4.91. The van der Waals surface area contributed by atoms with Gasteiger partial charge in [0.15, 0.2) is 0 Å². The van der Waals surface area contributed by atoms with Crippen molar-refractivity contribution in [3.8, 4) is 0 Å². The SMILES string of the molecule is [N-]=[N+]=Nc1ccc2c(c1)C(=O)OC2. The maximum Gasteiger partial charge on any atom is 0.338 e. The summed E-state index contributed by atoms with van der Waals surface area (Å²) in [7, 11) is 0. The monoisotopic (exact) mass is 175 g/mol. The Hall–Kier alpha value is -2.00. The molecular weight excluding hydrogens is 170 g/mol. The van der Waals surface area contributed by atoms with Gasteiger partial charge in [0.2, 0.25) is 0 Å². The first-order valence-electron chi connectivity index (χ1n) is 3.66. The van der Waals surface area contributed by atoms with Gasteiger partial charge in [0.25, 0.3) is 0 Å². The molecule has 1 aromatic rings. The van der Waals surface area contributed by atoms with Gasteiger partial charge in [0, 0.05) is 16.2 Å². The van der Waals surface area contributed by atoms with Crippen LogP contribution < -0.4 is 0 Å². The minimum absolute atomic E-state index is 0.310. The van der Waals surface area contributed by atoms with E-state index in [1.165, 1.54) is 6.07 Å². The number of rotatable bonds is 1. The highest BCUT2D eigenvalue weighted by Crippen LogP contribution is 2.24. The Morgan fingerprint density at radius 1 is 1.54 bits per heavy atom. The van der Waals surface area contributed by atoms with Crippen LogP contribution in [0.2, 0.25) is 0 Å².